The van der Waals surface area contributed by atoms with E-state index in [1.807, 2.05) is 68.4 Å². The summed E-state index contributed by atoms with van der Waals surface area (Å²) in [6.45, 7) is 2.64. The number of nitrogens with zero attached hydrogens (tertiary/aromatic N) is 2. The Morgan fingerprint density at radius 1 is 1.05 bits per heavy atom. The topological polar surface area (TPSA) is 24.8 Å². The molecule has 0 amide bonds. The molecular formula is C17H20N2O. The number of rotatable bonds is 4. The average molecular weight is 268 g/mol. The molecule has 2 aromatic rings. The van der Waals surface area contributed by atoms with Crippen molar-refractivity contribution in [2.45, 2.75) is 6.92 Å². The largest absolute Gasteiger partial charge is 0.494 e. The molecule has 104 valence electrons. The third-order valence-corrected chi connectivity index (χ3v) is 2.82. The number of ether oxygens (including phenoxy) is 1. The van der Waals surface area contributed by atoms with Gasteiger partial charge in [0.05, 0.1) is 12.3 Å². The molecule has 0 unspecified atom stereocenters. The number of benzene rings is 2. The van der Waals surface area contributed by atoms with E-state index in [2.05, 4.69) is 12.1 Å². The fraction of sp³-hybridized carbons (Fsp3) is 0.235. The van der Waals surface area contributed by atoms with Gasteiger partial charge in [0.15, 0.2) is 0 Å². The van der Waals surface area contributed by atoms with Gasteiger partial charge in [-0.15, -0.1) is 0 Å². The van der Waals surface area contributed by atoms with Crippen molar-refractivity contribution < 1.29 is 4.74 Å². The van der Waals surface area contributed by atoms with Gasteiger partial charge in [0.2, 0.25) is 0 Å². The van der Waals surface area contributed by atoms with Crippen LogP contribution in [0, 0.1) is 0 Å². The number of hydrogen-bond donors (Lipinski definition) is 0. The molecule has 0 heterocycles. The highest BCUT2D eigenvalue weighted by molar-refractivity contribution is 6.00. The molecular weight excluding hydrogens is 248 g/mol. The van der Waals surface area contributed by atoms with Crippen molar-refractivity contribution >= 4 is 11.5 Å². The Morgan fingerprint density at radius 3 is 2.45 bits per heavy atom. The Bertz CT molecular complexity index is 577. The van der Waals surface area contributed by atoms with Crippen LogP contribution in [0.4, 0.5) is 5.69 Å². The zero-order chi connectivity index (χ0) is 14.4. The van der Waals surface area contributed by atoms with E-state index in [-0.39, 0.29) is 0 Å². The highest BCUT2D eigenvalue weighted by atomic mass is 16.5. The fourth-order valence-corrected chi connectivity index (χ4v) is 1.94. The molecule has 0 saturated heterocycles. The van der Waals surface area contributed by atoms with Gasteiger partial charge in [0, 0.05) is 25.7 Å². The summed E-state index contributed by atoms with van der Waals surface area (Å²) < 4.78 is 5.51. The van der Waals surface area contributed by atoms with Crippen molar-refractivity contribution in [3.05, 3.63) is 60.2 Å². The molecule has 0 radical (unpaired) electrons. The normalized spacial score (nSPS) is 11.2. The van der Waals surface area contributed by atoms with Gasteiger partial charge < -0.3 is 9.64 Å². The lowest BCUT2D eigenvalue weighted by atomic mass is 10.2. The van der Waals surface area contributed by atoms with Gasteiger partial charge in [-0.25, -0.2) is 4.99 Å². The third-order valence-electron chi connectivity index (χ3n) is 2.82. The molecule has 3 heteroatoms. The summed E-state index contributed by atoms with van der Waals surface area (Å²) in [5.41, 5.74) is 1.99. The van der Waals surface area contributed by atoms with E-state index in [0.29, 0.717) is 6.61 Å². The third kappa shape index (κ3) is 3.60. The molecule has 0 saturated carbocycles. The van der Waals surface area contributed by atoms with Crippen LogP contribution in [0.25, 0.3) is 0 Å². The lowest BCUT2D eigenvalue weighted by molar-refractivity contribution is 0.340. The fourth-order valence-electron chi connectivity index (χ4n) is 1.94. The van der Waals surface area contributed by atoms with Gasteiger partial charge in [-0.3, -0.25) is 0 Å². The second-order valence-electron chi connectivity index (χ2n) is 4.63. The maximum atomic E-state index is 5.51. The molecule has 0 N–H and O–H groups in total. The molecule has 0 spiro atoms. The quantitative estimate of drug-likeness (QED) is 0.623. The van der Waals surface area contributed by atoms with E-state index < -0.39 is 0 Å². The Labute approximate surface area is 120 Å². The summed E-state index contributed by atoms with van der Waals surface area (Å²) >= 11 is 0. The van der Waals surface area contributed by atoms with Crippen molar-refractivity contribution in [2.75, 3.05) is 20.7 Å². The van der Waals surface area contributed by atoms with Crippen LogP contribution in [0.2, 0.25) is 0 Å². The van der Waals surface area contributed by atoms with Gasteiger partial charge in [-0.1, -0.05) is 36.4 Å². The van der Waals surface area contributed by atoms with Gasteiger partial charge in [0.1, 0.15) is 11.6 Å². The molecule has 20 heavy (non-hydrogen) atoms. The molecule has 0 aromatic heterocycles. The number of amidine groups is 1. The molecule has 0 fully saturated rings. The predicted octanol–water partition coefficient (Wildman–Crippen LogP) is 3.73. The SMILES string of the molecule is CCOc1cccc(N=C(c2ccccc2)N(C)C)c1. The second kappa shape index (κ2) is 6.75. The molecule has 0 bridgehead atoms. The maximum absolute atomic E-state index is 5.51. The first kappa shape index (κ1) is 14.1. The zero-order valence-electron chi connectivity index (χ0n) is 12.2. The smallest absolute Gasteiger partial charge is 0.136 e. The Hall–Kier alpha value is -2.29. The monoisotopic (exact) mass is 268 g/mol. The highest BCUT2D eigenvalue weighted by Gasteiger charge is 2.06. The lowest BCUT2D eigenvalue weighted by Gasteiger charge is -2.16. The Morgan fingerprint density at radius 2 is 1.80 bits per heavy atom. The minimum Gasteiger partial charge on any atom is -0.494 e. The minimum absolute atomic E-state index is 0.659. The molecule has 0 aliphatic carbocycles. The van der Waals surface area contributed by atoms with Crippen LogP contribution in [-0.4, -0.2) is 31.4 Å². The zero-order valence-corrected chi connectivity index (χ0v) is 12.2. The lowest BCUT2D eigenvalue weighted by Crippen LogP contribution is -2.22. The Kier molecular flexibility index (Phi) is 4.77. The molecule has 2 rings (SSSR count). The summed E-state index contributed by atoms with van der Waals surface area (Å²) in [7, 11) is 4.00. The summed E-state index contributed by atoms with van der Waals surface area (Å²) in [4.78, 5) is 6.75. The van der Waals surface area contributed by atoms with E-state index >= 15 is 0 Å². The summed E-state index contributed by atoms with van der Waals surface area (Å²) in [5.74, 6) is 1.78. The minimum atomic E-state index is 0.659. The highest BCUT2D eigenvalue weighted by Crippen LogP contribution is 2.21. The van der Waals surface area contributed by atoms with Gasteiger partial charge in [0.25, 0.3) is 0 Å². The van der Waals surface area contributed by atoms with Gasteiger partial charge in [-0.2, -0.15) is 0 Å². The van der Waals surface area contributed by atoms with Crippen molar-refractivity contribution in [2.24, 2.45) is 4.99 Å². The number of aliphatic imine (C=N–C) groups is 1. The van der Waals surface area contributed by atoms with E-state index in [1.165, 1.54) is 0 Å². The van der Waals surface area contributed by atoms with Crippen LogP contribution < -0.4 is 4.74 Å². The van der Waals surface area contributed by atoms with E-state index in [1.54, 1.807) is 0 Å². The van der Waals surface area contributed by atoms with Crippen LogP contribution in [0.15, 0.2) is 59.6 Å². The maximum Gasteiger partial charge on any atom is 0.136 e. The first-order chi connectivity index (χ1) is 9.70. The van der Waals surface area contributed by atoms with Crippen molar-refractivity contribution in [3.63, 3.8) is 0 Å². The molecule has 0 atom stereocenters. The molecule has 0 aliphatic rings. The van der Waals surface area contributed by atoms with Crippen LogP contribution in [0.3, 0.4) is 0 Å². The van der Waals surface area contributed by atoms with Crippen molar-refractivity contribution in [1.82, 2.24) is 4.90 Å². The van der Waals surface area contributed by atoms with Crippen LogP contribution in [0.1, 0.15) is 12.5 Å². The van der Waals surface area contributed by atoms with Crippen LogP contribution >= 0.6 is 0 Å². The first-order valence-electron chi connectivity index (χ1n) is 6.75. The summed E-state index contributed by atoms with van der Waals surface area (Å²) in [6.07, 6.45) is 0. The standard InChI is InChI=1S/C17H20N2O/c1-4-20-16-12-8-11-15(13-16)18-17(19(2)3)14-9-6-5-7-10-14/h5-13H,4H2,1-3H3. The van der Waals surface area contributed by atoms with Gasteiger partial charge in [-0.05, 0) is 19.1 Å². The first-order valence-corrected chi connectivity index (χ1v) is 6.75. The summed E-state index contributed by atoms with van der Waals surface area (Å²) in [5, 5.41) is 0. The summed E-state index contributed by atoms with van der Waals surface area (Å²) in [6, 6.07) is 18.0. The average Bonchev–Trinajstić information content (AvgIpc) is 2.46. The predicted molar refractivity (Wildman–Crippen MR) is 83.9 cm³/mol. The van der Waals surface area contributed by atoms with Crippen molar-refractivity contribution in [1.29, 1.82) is 0 Å². The van der Waals surface area contributed by atoms with Crippen LogP contribution in [0.5, 0.6) is 5.75 Å². The van der Waals surface area contributed by atoms with Crippen LogP contribution in [-0.2, 0) is 0 Å². The molecule has 2 aromatic carbocycles. The van der Waals surface area contributed by atoms with E-state index in [4.69, 9.17) is 9.73 Å². The molecule has 0 aliphatic heterocycles. The number of hydrogen-bond acceptors (Lipinski definition) is 2. The van der Waals surface area contributed by atoms with Gasteiger partial charge >= 0.3 is 0 Å². The van der Waals surface area contributed by atoms with E-state index in [0.717, 1.165) is 22.8 Å². The van der Waals surface area contributed by atoms with E-state index in [9.17, 15) is 0 Å². The Balaban J connectivity index is 2.36. The van der Waals surface area contributed by atoms with Crippen molar-refractivity contribution in [3.8, 4) is 5.75 Å². The molecule has 3 nitrogen and oxygen atoms in total. The second-order valence-corrected chi connectivity index (χ2v) is 4.63.